The molecule has 0 fully saturated rings. The molecule has 1 heterocycles. The normalized spacial score (nSPS) is 16.5. The van der Waals surface area contributed by atoms with Gasteiger partial charge in [0.25, 0.3) is 11.8 Å². The van der Waals surface area contributed by atoms with Gasteiger partial charge >= 0.3 is 0 Å². The van der Waals surface area contributed by atoms with Gasteiger partial charge in [-0.15, -0.1) is 0 Å². The molecule has 1 atom stereocenters. The Morgan fingerprint density at radius 2 is 1.96 bits per heavy atom. The Labute approximate surface area is 134 Å². The van der Waals surface area contributed by atoms with Crippen molar-refractivity contribution in [3.05, 3.63) is 54.1 Å². The van der Waals surface area contributed by atoms with Crippen LogP contribution in [0.3, 0.4) is 0 Å². The molecule has 5 nitrogen and oxygen atoms in total. The van der Waals surface area contributed by atoms with Gasteiger partial charge in [0, 0.05) is 17.8 Å². The Bertz CT molecular complexity index is 743. The van der Waals surface area contributed by atoms with Gasteiger partial charge in [-0.2, -0.15) is 0 Å². The Balaban J connectivity index is 1.87. The van der Waals surface area contributed by atoms with Gasteiger partial charge in [-0.25, -0.2) is 0 Å². The topological polar surface area (TPSA) is 58.6 Å². The molecule has 5 heteroatoms. The van der Waals surface area contributed by atoms with Crippen LogP contribution in [0.25, 0.3) is 0 Å². The molecule has 0 aliphatic carbocycles. The van der Waals surface area contributed by atoms with Crippen LogP contribution in [0.5, 0.6) is 5.75 Å². The lowest BCUT2D eigenvalue weighted by Gasteiger charge is -2.32. The maximum Gasteiger partial charge on any atom is 0.267 e. The number of nitrogens with zero attached hydrogens (tertiary/aromatic N) is 1. The molecule has 23 heavy (non-hydrogen) atoms. The second kappa shape index (κ2) is 6.12. The van der Waals surface area contributed by atoms with Crippen molar-refractivity contribution < 1.29 is 14.3 Å². The number of carbonyl (C=O) groups is 2. The van der Waals surface area contributed by atoms with Crippen molar-refractivity contribution in [1.29, 1.82) is 0 Å². The molecule has 1 aliphatic rings. The summed E-state index contributed by atoms with van der Waals surface area (Å²) in [4.78, 5) is 26.1. The van der Waals surface area contributed by atoms with Gasteiger partial charge in [0.05, 0.1) is 5.69 Å². The molecule has 0 saturated heterocycles. The highest BCUT2D eigenvalue weighted by atomic mass is 16.5. The third-order valence-electron chi connectivity index (χ3n) is 3.78. The summed E-state index contributed by atoms with van der Waals surface area (Å²) in [5, 5.41) is 2.85. The van der Waals surface area contributed by atoms with E-state index in [1.54, 1.807) is 42.2 Å². The molecule has 1 N–H and O–H groups in total. The number of ether oxygens (including phenoxy) is 1. The maximum atomic E-state index is 12.2. The summed E-state index contributed by atoms with van der Waals surface area (Å²) >= 11 is 0. The van der Waals surface area contributed by atoms with Gasteiger partial charge in [-0.1, -0.05) is 18.2 Å². The van der Waals surface area contributed by atoms with Crippen LogP contribution < -0.4 is 15.0 Å². The largest absolute Gasteiger partial charge is 0.479 e. The molecule has 0 bridgehead atoms. The average Bonchev–Trinajstić information content (AvgIpc) is 2.57. The first-order valence-corrected chi connectivity index (χ1v) is 7.58. The third kappa shape index (κ3) is 2.90. The maximum absolute atomic E-state index is 12.2. The summed E-state index contributed by atoms with van der Waals surface area (Å²) in [6, 6.07) is 14.3. The quantitative estimate of drug-likeness (QED) is 0.948. The molecule has 118 valence electrons. The zero-order chi connectivity index (χ0) is 16.4. The SMILES string of the molecule is CCN1C(=O)C(C)Oc2ccc(NC(=O)c3ccccc3)cc21. The third-order valence-corrected chi connectivity index (χ3v) is 3.78. The lowest BCUT2D eigenvalue weighted by atomic mass is 10.1. The summed E-state index contributed by atoms with van der Waals surface area (Å²) in [6.45, 7) is 4.20. The minimum absolute atomic E-state index is 0.0773. The molecule has 2 aromatic carbocycles. The minimum Gasteiger partial charge on any atom is -0.479 e. The van der Waals surface area contributed by atoms with Crippen molar-refractivity contribution in [3.63, 3.8) is 0 Å². The van der Waals surface area contributed by atoms with Gasteiger partial charge in [0.1, 0.15) is 5.75 Å². The van der Waals surface area contributed by atoms with Crippen LogP contribution in [-0.2, 0) is 4.79 Å². The molecule has 0 spiro atoms. The highest BCUT2D eigenvalue weighted by Gasteiger charge is 2.30. The van der Waals surface area contributed by atoms with E-state index in [4.69, 9.17) is 4.74 Å². The zero-order valence-corrected chi connectivity index (χ0v) is 13.1. The number of nitrogens with one attached hydrogen (secondary N) is 1. The van der Waals surface area contributed by atoms with Crippen molar-refractivity contribution in [2.75, 3.05) is 16.8 Å². The van der Waals surface area contributed by atoms with E-state index in [9.17, 15) is 9.59 Å². The number of fused-ring (bicyclic) bond motifs is 1. The van der Waals surface area contributed by atoms with Gasteiger partial charge in [-0.3, -0.25) is 9.59 Å². The molecule has 2 aromatic rings. The average molecular weight is 310 g/mol. The second-order valence-corrected chi connectivity index (χ2v) is 5.35. The Morgan fingerprint density at radius 3 is 2.65 bits per heavy atom. The van der Waals surface area contributed by atoms with Gasteiger partial charge in [0.15, 0.2) is 6.10 Å². The van der Waals surface area contributed by atoms with E-state index in [2.05, 4.69) is 5.32 Å². The Morgan fingerprint density at radius 1 is 1.22 bits per heavy atom. The first kappa shape index (κ1) is 15.1. The van der Waals surface area contributed by atoms with E-state index in [1.165, 1.54) is 0 Å². The number of anilines is 2. The second-order valence-electron chi connectivity index (χ2n) is 5.35. The van der Waals surface area contributed by atoms with Crippen LogP contribution >= 0.6 is 0 Å². The van der Waals surface area contributed by atoms with Crippen molar-refractivity contribution in [2.45, 2.75) is 20.0 Å². The van der Waals surface area contributed by atoms with E-state index in [0.717, 1.165) is 0 Å². The number of benzene rings is 2. The molecule has 0 radical (unpaired) electrons. The van der Waals surface area contributed by atoms with E-state index >= 15 is 0 Å². The van der Waals surface area contributed by atoms with Crippen LogP contribution in [0.15, 0.2) is 48.5 Å². The van der Waals surface area contributed by atoms with E-state index in [-0.39, 0.29) is 11.8 Å². The molecule has 3 rings (SSSR count). The number of hydrogen-bond donors (Lipinski definition) is 1. The standard InChI is InChI=1S/C18H18N2O3/c1-3-20-15-11-14(9-10-16(15)23-12(2)18(20)22)19-17(21)13-7-5-4-6-8-13/h4-12H,3H2,1-2H3,(H,19,21). The summed E-state index contributed by atoms with van der Waals surface area (Å²) in [5.41, 5.74) is 1.89. The van der Waals surface area contributed by atoms with Crippen molar-refractivity contribution in [1.82, 2.24) is 0 Å². The van der Waals surface area contributed by atoms with Crippen molar-refractivity contribution >= 4 is 23.2 Å². The van der Waals surface area contributed by atoms with Crippen LogP contribution in [0.1, 0.15) is 24.2 Å². The smallest absolute Gasteiger partial charge is 0.267 e. The predicted octanol–water partition coefficient (Wildman–Crippen LogP) is 3.07. The number of amides is 2. The van der Waals surface area contributed by atoms with Gasteiger partial charge in [0.2, 0.25) is 0 Å². The molecule has 2 amide bonds. The summed E-state index contributed by atoms with van der Waals surface area (Å²) in [5.74, 6) is 0.383. The van der Waals surface area contributed by atoms with E-state index in [0.29, 0.717) is 29.2 Å². The highest BCUT2D eigenvalue weighted by molar-refractivity contribution is 6.05. The van der Waals surface area contributed by atoms with Crippen LogP contribution in [0.2, 0.25) is 0 Å². The predicted molar refractivity (Wildman–Crippen MR) is 89.0 cm³/mol. The monoisotopic (exact) mass is 310 g/mol. The van der Waals surface area contributed by atoms with Crippen LogP contribution in [0.4, 0.5) is 11.4 Å². The van der Waals surface area contributed by atoms with Gasteiger partial charge in [-0.05, 0) is 44.2 Å². The van der Waals surface area contributed by atoms with Crippen LogP contribution in [-0.4, -0.2) is 24.5 Å². The molecule has 0 saturated carbocycles. The summed E-state index contributed by atoms with van der Waals surface area (Å²) < 4.78 is 5.62. The molecule has 1 aliphatic heterocycles. The van der Waals surface area contributed by atoms with Crippen LogP contribution in [0, 0.1) is 0 Å². The fourth-order valence-corrected chi connectivity index (χ4v) is 2.60. The van der Waals surface area contributed by atoms with E-state index in [1.807, 2.05) is 25.1 Å². The number of hydrogen-bond acceptors (Lipinski definition) is 3. The van der Waals surface area contributed by atoms with Gasteiger partial charge < -0.3 is 15.0 Å². The van der Waals surface area contributed by atoms with Crippen molar-refractivity contribution in [3.8, 4) is 5.75 Å². The summed E-state index contributed by atoms with van der Waals surface area (Å²) in [7, 11) is 0. The highest BCUT2D eigenvalue weighted by Crippen LogP contribution is 2.36. The molecule has 0 aromatic heterocycles. The first-order valence-electron chi connectivity index (χ1n) is 7.58. The lowest BCUT2D eigenvalue weighted by Crippen LogP contribution is -2.44. The molecular weight excluding hydrogens is 292 g/mol. The Hall–Kier alpha value is -2.82. The Kier molecular flexibility index (Phi) is 4.02. The minimum atomic E-state index is -0.493. The van der Waals surface area contributed by atoms with E-state index < -0.39 is 6.10 Å². The fourth-order valence-electron chi connectivity index (χ4n) is 2.60. The number of likely N-dealkylation sites (N-methyl/N-ethyl adjacent to an activating group) is 1. The molecule has 1 unspecified atom stereocenters. The molecular formula is C18H18N2O3. The summed E-state index contributed by atoms with van der Waals surface area (Å²) in [6.07, 6.45) is -0.493. The van der Waals surface area contributed by atoms with Crippen molar-refractivity contribution in [2.24, 2.45) is 0 Å². The number of carbonyl (C=O) groups excluding carboxylic acids is 2. The lowest BCUT2D eigenvalue weighted by molar-refractivity contribution is -0.125. The number of rotatable bonds is 3. The zero-order valence-electron chi connectivity index (χ0n) is 13.1. The fraction of sp³-hybridized carbons (Fsp3) is 0.222. The first-order chi connectivity index (χ1) is 11.1.